The van der Waals surface area contributed by atoms with Crippen LogP contribution in [0.25, 0.3) is 0 Å². The Morgan fingerprint density at radius 3 is 2.68 bits per heavy atom. The number of hydrogen-bond acceptors (Lipinski definition) is 7. The molecule has 1 aliphatic rings. The van der Waals surface area contributed by atoms with E-state index >= 15 is 0 Å². The highest BCUT2D eigenvalue weighted by Gasteiger charge is 2.23. The predicted octanol–water partition coefficient (Wildman–Crippen LogP) is 3.09. The molecule has 0 fully saturated rings. The van der Waals surface area contributed by atoms with Gasteiger partial charge in [-0.15, -0.1) is 0 Å². The summed E-state index contributed by atoms with van der Waals surface area (Å²) in [6, 6.07) is 15.0. The Morgan fingerprint density at radius 1 is 1.06 bits per heavy atom. The molecule has 162 valence electrons. The van der Waals surface area contributed by atoms with Crippen LogP contribution >= 0.6 is 0 Å². The third-order valence-electron chi connectivity index (χ3n) is 4.47. The van der Waals surface area contributed by atoms with Gasteiger partial charge in [0.2, 0.25) is 11.9 Å². The Bertz CT molecular complexity index is 1220. The molecule has 0 unspecified atom stereocenters. The Kier molecular flexibility index (Phi) is 5.57. The summed E-state index contributed by atoms with van der Waals surface area (Å²) in [6.07, 6.45) is 0. The minimum absolute atomic E-state index is 0.109. The van der Waals surface area contributed by atoms with Gasteiger partial charge in [-0.05, 0) is 42.0 Å². The topological polar surface area (TPSA) is 107 Å². The van der Waals surface area contributed by atoms with Crippen molar-refractivity contribution in [3.05, 3.63) is 65.9 Å². The number of amides is 1. The van der Waals surface area contributed by atoms with Gasteiger partial charge in [-0.2, -0.15) is 0 Å². The van der Waals surface area contributed by atoms with Gasteiger partial charge in [-0.3, -0.25) is 4.79 Å². The molecule has 0 saturated carbocycles. The van der Waals surface area contributed by atoms with Crippen molar-refractivity contribution in [1.29, 1.82) is 0 Å². The second-order valence-electron chi connectivity index (χ2n) is 6.86. The van der Waals surface area contributed by atoms with E-state index in [9.17, 15) is 13.2 Å². The number of sulfonamides is 1. The molecule has 0 spiro atoms. The van der Waals surface area contributed by atoms with Crippen LogP contribution in [0.4, 0.5) is 5.69 Å². The van der Waals surface area contributed by atoms with Crippen LogP contribution in [0.3, 0.4) is 0 Å². The van der Waals surface area contributed by atoms with Crippen LogP contribution in [0.2, 0.25) is 0 Å². The molecule has 0 saturated heterocycles. The van der Waals surface area contributed by atoms with E-state index < -0.39 is 15.9 Å². The minimum Gasteiger partial charge on any atom is -0.489 e. The zero-order chi connectivity index (χ0) is 22.0. The first-order valence-corrected chi connectivity index (χ1v) is 10.7. The van der Waals surface area contributed by atoms with Crippen molar-refractivity contribution >= 4 is 21.6 Å². The fourth-order valence-electron chi connectivity index (χ4n) is 2.83. The third kappa shape index (κ3) is 4.49. The number of carbonyl (C=O) groups is 1. The fraction of sp³-hybridized carbons (Fsp3) is 0.190. The average molecular weight is 444 g/mol. The molecule has 0 aliphatic carbocycles. The van der Waals surface area contributed by atoms with Gasteiger partial charge in [-0.1, -0.05) is 12.1 Å². The van der Waals surface area contributed by atoms with Crippen molar-refractivity contribution < 1.29 is 31.8 Å². The van der Waals surface area contributed by atoms with Crippen LogP contribution in [0.15, 0.2) is 64.1 Å². The molecule has 3 aromatic rings. The molecule has 1 aliphatic heterocycles. The van der Waals surface area contributed by atoms with Gasteiger partial charge in [0.05, 0.1) is 0 Å². The van der Waals surface area contributed by atoms with Crippen LogP contribution in [-0.4, -0.2) is 39.5 Å². The molecular weight excluding hydrogens is 424 g/mol. The second kappa shape index (κ2) is 8.32. The normalized spacial score (nSPS) is 12.7. The maximum Gasteiger partial charge on any atom is 0.291 e. The Morgan fingerprint density at radius 2 is 1.87 bits per heavy atom. The number of nitrogens with zero attached hydrogens (tertiary/aromatic N) is 1. The van der Waals surface area contributed by atoms with Crippen LogP contribution in [0.5, 0.6) is 17.2 Å². The molecule has 0 atom stereocenters. The summed E-state index contributed by atoms with van der Waals surface area (Å²) in [4.78, 5) is 12.5. The Hall–Kier alpha value is -3.50. The fourth-order valence-corrected chi connectivity index (χ4v) is 3.62. The zero-order valence-corrected chi connectivity index (χ0v) is 17.6. The van der Waals surface area contributed by atoms with Crippen molar-refractivity contribution in [2.24, 2.45) is 0 Å². The van der Waals surface area contributed by atoms with Gasteiger partial charge in [0.25, 0.3) is 15.9 Å². The second-order valence-corrected chi connectivity index (χ2v) is 8.95. The average Bonchev–Trinajstić information content (AvgIpc) is 3.42. The zero-order valence-electron chi connectivity index (χ0n) is 16.8. The van der Waals surface area contributed by atoms with E-state index in [1.165, 1.54) is 26.2 Å². The highest BCUT2D eigenvalue weighted by Crippen LogP contribution is 2.35. The lowest BCUT2D eigenvalue weighted by Crippen LogP contribution is -2.21. The first-order chi connectivity index (χ1) is 14.8. The monoisotopic (exact) mass is 444 g/mol. The lowest BCUT2D eigenvalue weighted by Gasteiger charge is -2.09. The molecule has 0 radical (unpaired) electrons. The molecule has 1 N–H and O–H groups in total. The smallest absolute Gasteiger partial charge is 0.291 e. The third-order valence-corrected chi connectivity index (χ3v) is 6.16. The van der Waals surface area contributed by atoms with Crippen LogP contribution in [0.1, 0.15) is 16.1 Å². The van der Waals surface area contributed by atoms with Gasteiger partial charge >= 0.3 is 0 Å². The van der Waals surface area contributed by atoms with Crippen molar-refractivity contribution in [2.45, 2.75) is 11.7 Å². The van der Waals surface area contributed by atoms with Crippen LogP contribution in [0, 0.1) is 0 Å². The van der Waals surface area contributed by atoms with E-state index in [1.54, 1.807) is 36.4 Å². The van der Waals surface area contributed by atoms with E-state index in [2.05, 4.69) is 5.32 Å². The molecule has 2 heterocycles. The number of fused-ring (bicyclic) bond motifs is 1. The highest BCUT2D eigenvalue weighted by atomic mass is 32.2. The molecule has 4 rings (SSSR count). The minimum atomic E-state index is -3.75. The van der Waals surface area contributed by atoms with Crippen molar-refractivity contribution in [3.63, 3.8) is 0 Å². The van der Waals surface area contributed by atoms with E-state index in [1.807, 2.05) is 6.07 Å². The van der Waals surface area contributed by atoms with Gasteiger partial charge < -0.3 is 23.9 Å². The van der Waals surface area contributed by atoms with E-state index in [4.69, 9.17) is 18.6 Å². The number of anilines is 1. The summed E-state index contributed by atoms with van der Waals surface area (Å²) < 4.78 is 46.8. The molecule has 9 nitrogen and oxygen atoms in total. The predicted molar refractivity (Wildman–Crippen MR) is 111 cm³/mol. The Labute approximate surface area is 179 Å². The summed E-state index contributed by atoms with van der Waals surface area (Å²) in [7, 11) is -0.986. The van der Waals surface area contributed by atoms with Crippen LogP contribution in [-0.2, 0) is 16.6 Å². The summed E-state index contributed by atoms with van der Waals surface area (Å²) in [5, 5.41) is 2.39. The number of furan rings is 1. The lowest BCUT2D eigenvalue weighted by molar-refractivity contribution is 0.0991. The van der Waals surface area contributed by atoms with Crippen molar-refractivity contribution in [2.75, 3.05) is 26.2 Å². The maximum absolute atomic E-state index is 12.5. The first kappa shape index (κ1) is 20.8. The van der Waals surface area contributed by atoms with Gasteiger partial charge in [0.1, 0.15) is 12.4 Å². The van der Waals surface area contributed by atoms with Crippen molar-refractivity contribution in [3.8, 4) is 17.2 Å². The van der Waals surface area contributed by atoms with Gasteiger partial charge in [0.15, 0.2) is 17.3 Å². The molecular formula is C21H20N2O7S. The lowest BCUT2D eigenvalue weighted by atomic mass is 10.2. The molecule has 31 heavy (non-hydrogen) atoms. The van der Waals surface area contributed by atoms with E-state index in [-0.39, 0.29) is 24.3 Å². The number of nitrogens with one attached hydrogen (secondary N) is 1. The summed E-state index contributed by atoms with van der Waals surface area (Å²) in [5.41, 5.74) is 1.34. The Balaban J connectivity index is 1.40. The number of benzene rings is 2. The van der Waals surface area contributed by atoms with Crippen molar-refractivity contribution in [1.82, 2.24) is 4.31 Å². The van der Waals surface area contributed by atoms with Gasteiger partial charge in [0, 0.05) is 25.8 Å². The number of carbonyl (C=O) groups excluding carboxylic acids is 1. The molecule has 1 amide bonds. The molecule has 10 heteroatoms. The molecule has 2 aromatic carbocycles. The molecule has 1 aromatic heterocycles. The van der Waals surface area contributed by atoms with Gasteiger partial charge in [-0.25, -0.2) is 12.7 Å². The number of ether oxygens (including phenoxy) is 3. The van der Waals surface area contributed by atoms with E-state index in [0.29, 0.717) is 22.9 Å². The molecule has 0 bridgehead atoms. The quantitative estimate of drug-likeness (QED) is 0.597. The first-order valence-electron chi connectivity index (χ1n) is 9.28. The van der Waals surface area contributed by atoms with E-state index in [0.717, 1.165) is 9.87 Å². The maximum atomic E-state index is 12.5. The summed E-state index contributed by atoms with van der Waals surface area (Å²) >= 11 is 0. The summed E-state index contributed by atoms with van der Waals surface area (Å²) in [6.45, 7) is 0.466. The number of hydrogen-bond donors (Lipinski definition) is 1. The van der Waals surface area contributed by atoms with Crippen LogP contribution < -0.4 is 19.5 Å². The largest absolute Gasteiger partial charge is 0.489 e. The number of rotatable bonds is 7. The highest BCUT2D eigenvalue weighted by molar-refractivity contribution is 7.88. The summed E-state index contributed by atoms with van der Waals surface area (Å²) in [5.74, 6) is 1.27. The SMILES string of the molecule is CN(C)S(=O)(=O)c1ccc(C(=O)Nc2cccc(COc3ccc4c(c3)OCO4)c2)o1. The standard InChI is InChI=1S/C21H20N2O7S/c1-23(2)31(25,26)20-9-8-18(30-20)21(24)22-15-5-3-4-14(10-15)12-27-16-6-7-17-19(11-16)29-13-28-17/h3-11H,12-13H2,1-2H3,(H,22,24).